The van der Waals surface area contributed by atoms with Gasteiger partial charge in [-0.2, -0.15) is 10.4 Å². The van der Waals surface area contributed by atoms with Gasteiger partial charge in [0.05, 0.1) is 17.3 Å². The maximum atomic E-state index is 13.2. The lowest BCUT2D eigenvalue weighted by Crippen LogP contribution is -2.37. The number of aromatic nitrogens is 2. The lowest BCUT2D eigenvalue weighted by atomic mass is 9.89. The fraction of sp³-hybridized carbons (Fsp3) is 0.250. The van der Waals surface area contributed by atoms with Crippen molar-refractivity contribution in [3.63, 3.8) is 0 Å². The van der Waals surface area contributed by atoms with Crippen molar-refractivity contribution in [2.24, 2.45) is 0 Å². The molecule has 0 aliphatic heterocycles. The number of carbonyl (C=O) groups is 1. The van der Waals surface area contributed by atoms with Crippen LogP contribution in [0.25, 0.3) is 11.3 Å². The first kappa shape index (κ1) is 19.6. The van der Waals surface area contributed by atoms with Crippen molar-refractivity contribution in [1.82, 2.24) is 9.78 Å². The summed E-state index contributed by atoms with van der Waals surface area (Å²) >= 11 is 0. The number of hydrogen-bond acceptors (Lipinski definition) is 4. The van der Waals surface area contributed by atoms with Crippen LogP contribution >= 0.6 is 0 Å². The Labute approximate surface area is 174 Å². The summed E-state index contributed by atoms with van der Waals surface area (Å²) in [6.07, 6.45) is 3.52. The zero-order valence-corrected chi connectivity index (χ0v) is 16.8. The molecule has 3 aromatic rings. The van der Waals surface area contributed by atoms with Gasteiger partial charge in [0.2, 0.25) is 5.91 Å². The average molecular weight is 398 g/mol. The molecule has 1 N–H and O–H groups in total. The number of nitrogens with one attached hydrogen (secondary N) is 1. The Morgan fingerprint density at radius 1 is 1.10 bits per heavy atom. The van der Waals surface area contributed by atoms with Gasteiger partial charge in [-0.15, -0.1) is 0 Å². The number of nitrogens with zero attached hydrogens (tertiary/aromatic N) is 3. The largest absolute Gasteiger partial charge is 0.324 e. The number of nitriles is 1. The Kier molecular flexibility index (Phi) is 5.44. The van der Waals surface area contributed by atoms with Crippen LogP contribution in [-0.4, -0.2) is 15.7 Å². The number of hydrogen-bond donors (Lipinski definition) is 1. The van der Waals surface area contributed by atoms with Gasteiger partial charge in [0, 0.05) is 16.8 Å². The highest BCUT2D eigenvalue weighted by molar-refractivity contribution is 5.93. The summed E-state index contributed by atoms with van der Waals surface area (Å²) in [5, 5.41) is 16.5. The molecule has 0 fully saturated rings. The summed E-state index contributed by atoms with van der Waals surface area (Å²) in [5.41, 5.74) is 4.26. The smallest absolute Gasteiger partial charge is 0.271 e. The third kappa shape index (κ3) is 3.74. The average Bonchev–Trinajstić information content (AvgIpc) is 2.80. The van der Waals surface area contributed by atoms with Gasteiger partial charge < -0.3 is 5.32 Å². The molecule has 6 nitrogen and oxygen atoms in total. The summed E-state index contributed by atoms with van der Waals surface area (Å²) in [5.74, 6) is -0.352. The normalized spacial score (nSPS) is 13.7. The maximum absolute atomic E-state index is 13.2. The first-order valence-electron chi connectivity index (χ1n) is 10.1. The molecular formula is C24H22N4O2. The minimum absolute atomic E-state index is 0.196. The standard InChI is InChI=1S/C24H22N4O2/c1-16(23(29)26-19-11-7-8-17(14-19)15-25)28-24(30)21-13-6-5-12-20(21)22(27-28)18-9-3-2-4-10-18/h2-4,7-11,14,16H,5-6,12-13H2,1H3,(H,26,29)/t16-/m0/s1. The monoisotopic (exact) mass is 398 g/mol. The van der Waals surface area contributed by atoms with Gasteiger partial charge in [0.15, 0.2) is 0 Å². The molecular weight excluding hydrogens is 376 g/mol. The number of anilines is 1. The Bertz CT molecular complexity index is 1190. The van der Waals surface area contributed by atoms with E-state index >= 15 is 0 Å². The van der Waals surface area contributed by atoms with Crippen LogP contribution in [-0.2, 0) is 17.6 Å². The van der Waals surface area contributed by atoms with E-state index in [-0.39, 0.29) is 11.5 Å². The van der Waals surface area contributed by atoms with E-state index < -0.39 is 6.04 Å². The lowest BCUT2D eigenvalue weighted by molar-refractivity contribution is -0.119. The molecule has 1 aliphatic rings. The summed E-state index contributed by atoms with van der Waals surface area (Å²) in [4.78, 5) is 26.1. The van der Waals surface area contributed by atoms with Crippen molar-refractivity contribution < 1.29 is 4.79 Å². The minimum atomic E-state index is -0.794. The van der Waals surface area contributed by atoms with Crippen LogP contribution in [0.5, 0.6) is 0 Å². The highest BCUT2D eigenvalue weighted by atomic mass is 16.2. The second-order valence-corrected chi connectivity index (χ2v) is 7.49. The summed E-state index contributed by atoms with van der Waals surface area (Å²) < 4.78 is 1.30. The van der Waals surface area contributed by atoms with Gasteiger partial charge in [-0.3, -0.25) is 9.59 Å². The molecule has 1 aromatic heterocycles. The minimum Gasteiger partial charge on any atom is -0.324 e. The van der Waals surface area contributed by atoms with Crippen molar-refractivity contribution in [2.75, 3.05) is 5.32 Å². The highest BCUT2D eigenvalue weighted by Gasteiger charge is 2.25. The Morgan fingerprint density at radius 3 is 2.57 bits per heavy atom. The van der Waals surface area contributed by atoms with Gasteiger partial charge in [0.25, 0.3) is 5.56 Å². The van der Waals surface area contributed by atoms with E-state index in [0.29, 0.717) is 17.7 Å². The quantitative estimate of drug-likeness (QED) is 0.723. The number of fused-ring (bicyclic) bond motifs is 1. The van der Waals surface area contributed by atoms with Gasteiger partial charge in [-0.1, -0.05) is 36.4 Å². The van der Waals surface area contributed by atoms with Crippen molar-refractivity contribution >= 4 is 11.6 Å². The number of rotatable bonds is 4. The van der Waals surface area contributed by atoms with Crippen LogP contribution in [0.15, 0.2) is 59.4 Å². The molecule has 0 radical (unpaired) electrons. The maximum Gasteiger partial charge on any atom is 0.271 e. The van der Waals surface area contributed by atoms with Gasteiger partial charge >= 0.3 is 0 Å². The second-order valence-electron chi connectivity index (χ2n) is 7.49. The molecule has 0 spiro atoms. The molecule has 1 atom stereocenters. The van der Waals surface area contributed by atoms with E-state index in [4.69, 9.17) is 5.26 Å². The van der Waals surface area contributed by atoms with Gasteiger partial charge in [0.1, 0.15) is 6.04 Å². The molecule has 150 valence electrons. The second kappa shape index (κ2) is 8.34. The van der Waals surface area contributed by atoms with Crippen LogP contribution in [0.2, 0.25) is 0 Å². The van der Waals surface area contributed by atoms with E-state index in [1.165, 1.54) is 4.68 Å². The lowest BCUT2D eigenvalue weighted by Gasteiger charge is -2.22. The highest BCUT2D eigenvalue weighted by Crippen LogP contribution is 2.28. The van der Waals surface area contributed by atoms with E-state index in [0.717, 1.165) is 41.6 Å². The Hall–Kier alpha value is -3.72. The van der Waals surface area contributed by atoms with Crippen LogP contribution in [0, 0.1) is 11.3 Å². The van der Waals surface area contributed by atoms with E-state index in [1.807, 2.05) is 30.3 Å². The Balaban J connectivity index is 1.73. The van der Waals surface area contributed by atoms with Crippen molar-refractivity contribution in [3.05, 3.63) is 81.6 Å². The molecule has 1 aliphatic carbocycles. The third-order valence-electron chi connectivity index (χ3n) is 5.48. The first-order valence-corrected chi connectivity index (χ1v) is 10.1. The zero-order valence-electron chi connectivity index (χ0n) is 16.8. The van der Waals surface area contributed by atoms with Gasteiger partial charge in [-0.05, 0) is 56.4 Å². The predicted molar refractivity (Wildman–Crippen MR) is 115 cm³/mol. The number of amides is 1. The Morgan fingerprint density at radius 2 is 1.83 bits per heavy atom. The van der Waals surface area contributed by atoms with Crippen molar-refractivity contribution in [2.45, 2.75) is 38.6 Å². The van der Waals surface area contributed by atoms with Crippen LogP contribution in [0.1, 0.15) is 42.5 Å². The fourth-order valence-corrected chi connectivity index (χ4v) is 3.87. The van der Waals surface area contributed by atoms with Crippen LogP contribution in [0.4, 0.5) is 5.69 Å². The fourth-order valence-electron chi connectivity index (χ4n) is 3.87. The molecule has 0 unspecified atom stereocenters. The zero-order chi connectivity index (χ0) is 21.1. The molecule has 1 amide bonds. The summed E-state index contributed by atoms with van der Waals surface area (Å²) in [6, 6.07) is 17.7. The first-order chi connectivity index (χ1) is 14.6. The molecule has 0 saturated heterocycles. The molecule has 6 heteroatoms. The number of benzene rings is 2. The van der Waals surface area contributed by atoms with Crippen molar-refractivity contribution in [1.29, 1.82) is 5.26 Å². The predicted octanol–water partition coefficient (Wildman–Crippen LogP) is 3.86. The molecule has 30 heavy (non-hydrogen) atoms. The van der Waals surface area contributed by atoms with E-state index in [9.17, 15) is 9.59 Å². The van der Waals surface area contributed by atoms with E-state index in [2.05, 4.69) is 16.5 Å². The molecule has 4 rings (SSSR count). The van der Waals surface area contributed by atoms with E-state index in [1.54, 1.807) is 31.2 Å². The molecule has 0 bridgehead atoms. The molecule has 2 aromatic carbocycles. The molecule has 0 saturated carbocycles. The topological polar surface area (TPSA) is 87.8 Å². The molecule has 1 heterocycles. The SMILES string of the molecule is C[C@@H](C(=O)Nc1cccc(C#N)c1)n1nc(-c2ccccc2)c2c(c1=O)CCCC2. The summed E-state index contributed by atoms with van der Waals surface area (Å²) in [6.45, 7) is 1.67. The third-order valence-corrected chi connectivity index (χ3v) is 5.48. The van der Waals surface area contributed by atoms with Crippen molar-refractivity contribution in [3.8, 4) is 17.3 Å². The van der Waals surface area contributed by atoms with Crippen LogP contribution in [0.3, 0.4) is 0 Å². The van der Waals surface area contributed by atoms with Crippen LogP contribution < -0.4 is 10.9 Å². The number of carbonyl (C=O) groups excluding carboxylic acids is 1. The summed E-state index contributed by atoms with van der Waals surface area (Å²) in [7, 11) is 0. The van der Waals surface area contributed by atoms with Gasteiger partial charge in [-0.25, -0.2) is 4.68 Å².